The minimum atomic E-state index is -0.221. The van der Waals surface area contributed by atoms with Crippen molar-refractivity contribution in [3.05, 3.63) is 46.5 Å². The number of halogens is 1. The lowest BCUT2D eigenvalue weighted by molar-refractivity contribution is -0.137. The summed E-state index contributed by atoms with van der Waals surface area (Å²) in [5, 5.41) is 0.680. The van der Waals surface area contributed by atoms with E-state index in [2.05, 4.69) is 0 Å². The molecule has 1 aromatic carbocycles. The molecule has 1 heterocycles. The number of imide groups is 1. The van der Waals surface area contributed by atoms with Gasteiger partial charge in [0.2, 0.25) is 0 Å². The third-order valence-electron chi connectivity index (χ3n) is 2.73. The predicted octanol–water partition coefficient (Wildman–Crippen LogP) is 2.20. The van der Waals surface area contributed by atoms with Crippen molar-refractivity contribution in [2.75, 3.05) is 6.54 Å². The summed E-state index contributed by atoms with van der Waals surface area (Å²) in [5.41, 5.74) is 1.56. The number of carbonyl (C=O) groups is 2. The van der Waals surface area contributed by atoms with Crippen molar-refractivity contribution in [2.24, 2.45) is 0 Å². The van der Waals surface area contributed by atoms with Crippen LogP contribution in [0.5, 0.6) is 0 Å². The Labute approximate surface area is 105 Å². The molecule has 0 saturated carbocycles. The zero-order valence-electron chi connectivity index (χ0n) is 9.44. The van der Waals surface area contributed by atoms with Crippen LogP contribution in [0.1, 0.15) is 12.5 Å². The van der Waals surface area contributed by atoms with E-state index in [1.54, 1.807) is 19.1 Å². The molecule has 0 unspecified atom stereocenters. The van der Waals surface area contributed by atoms with Gasteiger partial charge in [0.25, 0.3) is 11.8 Å². The zero-order chi connectivity index (χ0) is 12.4. The normalized spacial score (nSPS) is 15.4. The van der Waals surface area contributed by atoms with Crippen LogP contribution in [0.4, 0.5) is 0 Å². The summed E-state index contributed by atoms with van der Waals surface area (Å²) in [6.45, 7) is 2.07. The monoisotopic (exact) mass is 249 g/mol. The van der Waals surface area contributed by atoms with E-state index < -0.39 is 0 Å². The molecule has 0 N–H and O–H groups in total. The van der Waals surface area contributed by atoms with E-state index in [9.17, 15) is 9.59 Å². The van der Waals surface area contributed by atoms with E-state index in [1.807, 2.05) is 12.1 Å². The van der Waals surface area contributed by atoms with Gasteiger partial charge in [-0.25, -0.2) is 0 Å². The molecule has 2 amide bonds. The number of benzene rings is 1. The van der Waals surface area contributed by atoms with E-state index in [0.29, 0.717) is 23.6 Å². The zero-order valence-corrected chi connectivity index (χ0v) is 10.2. The second kappa shape index (κ2) is 4.72. The number of rotatable bonds is 3. The van der Waals surface area contributed by atoms with Crippen LogP contribution in [0.2, 0.25) is 5.02 Å². The van der Waals surface area contributed by atoms with Gasteiger partial charge in [-0.3, -0.25) is 14.5 Å². The van der Waals surface area contributed by atoms with Crippen molar-refractivity contribution < 1.29 is 9.59 Å². The Kier molecular flexibility index (Phi) is 3.29. The molecule has 1 aromatic rings. The summed E-state index contributed by atoms with van der Waals surface area (Å²) in [6.07, 6.45) is 2.03. The Hall–Kier alpha value is -1.61. The third kappa shape index (κ3) is 2.56. The first kappa shape index (κ1) is 11.9. The fraction of sp³-hybridized carbons (Fsp3) is 0.231. The van der Waals surface area contributed by atoms with Crippen LogP contribution < -0.4 is 0 Å². The van der Waals surface area contributed by atoms with Crippen molar-refractivity contribution in [1.82, 2.24) is 4.90 Å². The molecule has 1 aliphatic heterocycles. The first-order chi connectivity index (χ1) is 8.08. The van der Waals surface area contributed by atoms with Crippen molar-refractivity contribution in [1.29, 1.82) is 0 Å². The molecule has 4 heteroatoms. The van der Waals surface area contributed by atoms with Gasteiger partial charge in [-0.2, -0.15) is 0 Å². The first-order valence-electron chi connectivity index (χ1n) is 5.36. The minimum absolute atomic E-state index is 0.191. The average Bonchev–Trinajstić information content (AvgIpc) is 2.54. The fourth-order valence-electron chi connectivity index (χ4n) is 1.74. The van der Waals surface area contributed by atoms with Crippen LogP contribution in [0.25, 0.3) is 0 Å². The van der Waals surface area contributed by atoms with E-state index in [-0.39, 0.29) is 11.8 Å². The van der Waals surface area contributed by atoms with Gasteiger partial charge in [0.15, 0.2) is 0 Å². The van der Waals surface area contributed by atoms with Crippen molar-refractivity contribution >= 4 is 23.4 Å². The second-order valence-electron chi connectivity index (χ2n) is 4.00. The fourth-order valence-corrected chi connectivity index (χ4v) is 1.87. The topological polar surface area (TPSA) is 37.4 Å². The molecule has 0 spiro atoms. The van der Waals surface area contributed by atoms with Crippen molar-refractivity contribution in [2.45, 2.75) is 13.3 Å². The summed E-state index contributed by atoms with van der Waals surface area (Å²) in [7, 11) is 0. The molecule has 3 nitrogen and oxygen atoms in total. The van der Waals surface area contributed by atoms with Gasteiger partial charge in [-0.15, -0.1) is 0 Å². The molecular formula is C13H12ClNO2. The Morgan fingerprint density at radius 3 is 2.35 bits per heavy atom. The highest BCUT2D eigenvalue weighted by atomic mass is 35.5. The molecule has 0 aliphatic carbocycles. The maximum Gasteiger partial charge on any atom is 0.256 e. The lowest BCUT2D eigenvalue weighted by atomic mass is 10.1. The maximum atomic E-state index is 11.6. The summed E-state index contributed by atoms with van der Waals surface area (Å²) in [5.74, 6) is -0.412. The Bertz CT molecular complexity index is 491. The predicted molar refractivity (Wildman–Crippen MR) is 65.6 cm³/mol. The van der Waals surface area contributed by atoms with E-state index in [1.165, 1.54) is 11.0 Å². The Morgan fingerprint density at radius 1 is 1.18 bits per heavy atom. The summed E-state index contributed by atoms with van der Waals surface area (Å²) in [4.78, 5) is 24.4. The van der Waals surface area contributed by atoms with Crippen LogP contribution in [-0.4, -0.2) is 23.3 Å². The molecule has 17 heavy (non-hydrogen) atoms. The third-order valence-corrected chi connectivity index (χ3v) is 2.98. The van der Waals surface area contributed by atoms with Gasteiger partial charge >= 0.3 is 0 Å². The molecule has 0 aromatic heterocycles. The number of nitrogens with zero attached hydrogens (tertiary/aromatic N) is 1. The van der Waals surface area contributed by atoms with Crippen molar-refractivity contribution in [3.63, 3.8) is 0 Å². The Balaban J connectivity index is 1.98. The molecule has 0 saturated heterocycles. The number of carbonyl (C=O) groups excluding carboxylic acids is 2. The standard InChI is InChI=1S/C13H12ClNO2/c1-9-8-12(16)15(13(9)17)7-6-10-2-4-11(14)5-3-10/h2-5,8H,6-7H2,1H3. The molecule has 0 atom stereocenters. The van der Waals surface area contributed by atoms with Crippen LogP contribution in [0.3, 0.4) is 0 Å². The number of amides is 2. The van der Waals surface area contributed by atoms with Crippen LogP contribution in [0, 0.1) is 0 Å². The molecule has 2 rings (SSSR count). The largest absolute Gasteiger partial charge is 0.275 e. The lowest BCUT2D eigenvalue weighted by Gasteiger charge is -2.14. The molecular weight excluding hydrogens is 238 g/mol. The number of hydrogen-bond donors (Lipinski definition) is 0. The smallest absolute Gasteiger partial charge is 0.256 e. The van der Waals surface area contributed by atoms with Crippen LogP contribution >= 0.6 is 11.6 Å². The minimum Gasteiger partial charge on any atom is -0.275 e. The summed E-state index contributed by atoms with van der Waals surface area (Å²) < 4.78 is 0. The van der Waals surface area contributed by atoms with E-state index >= 15 is 0 Å². The van der Waals surface area contributed by atoms with E-state index in [0.717, 1.165) is 5.56 Å². The number of hydrogen-bond acceptors (Lipinski definition) is 2. The van der Waals surface area contributed by atoms with Gasteiger partial charge in [0.05, 0.1) is 0 Å². The highest BCUT2D eigenvalue weighted by Crippen LogP contribution is 2.14. The molecule has 0 fully saturated rings. The summed E-state index contributed by atoms with van der Waals surface area (Å²) >= 11 is 5.78. The van der Waals surface area contributed by atoms with Crippen LogP contribution in [0.15, 0.2) is 35.9 Å². The first-order valence-corrected chi connectivity index (χ1v) is 5.74. The van der Waals surface area contributed by atoms with Gasteiger partial charge < -0.3 is 0 Å². The second-order valence-corrected chi connectivity index (χ2v) is 4.44. The highest BCUT2D eigenvalue weighted by Gasteiger charge is 2.27. The SMILES string of the molecule is CC1=CC(=O)N(CCc2ccc(Cl)cc2)C1=O. The highest BCUT2D eigenvalue weighted by molar-refractivity contribution is 6.30. The van der Waals surface area contributed by atoms with Gasteiger partial charge in [-0.1, -0.05) is 23.7 Å². The quantitative estimate of drug-likeness (QED) is 0.770. The molecule has 88 valence electrons. The van der Waals surface area contributed by atoms with Gasteiger partial charge in [0, 0.05) is 23.2 Å². The van der Waals surface area contributed by atoms with Gasteiger partial charge in [0.1, 0.15) is 0 Å². The maximum absolute atomic E-state index is 11.6. The van der Waals surface area contributed by atoms with E-state index in [4.69, 9.17) is 11.6 Å². The average molecular weight is 250 g/mol. The summed E-state index contributed by atoms with van der Waals surface area (Å²) in [6, 6.07) is 7.39. The lowest BCUT2D eigenvalue weighted by Crippen LogP contribution is -2.32. The van der Waals surface area contributed by atoms with Gasteiger partial charge in [-0.05, 0) is 31.0 Å². The van der Waals surface area contributed by atoms with Crippen LogP contribution in [-0.2, 0) is 16.0 Å². The Morgan fingerprint density at radius 2 is 1.82 bits per heavy atom. The molecule has 0 radical (unpaired) electrons. The molecule has 1 aliphatic rings. The van der Waals surface area contributed by atoms with Crippen molar-refractivity contribution in [3.8, 4) is 0 Å². The molecule has 0 bridgehead atoms.